The van der Waals surface area contributed by atoms with Crippen molar-refractivity contribution < 1.29 is 14.3 Å². The van der Waals surface area contributed by atoms with Crippen LogP contribution in [0, 0.1) is 0 Å². The van der Waals surface area contributed by atoms with Gasteiger partial charge in [-0.25, -0.2) is 9.97 Å². The average Bonchev–Trinajstić information content (AvgIpc) is 3.38. The number of aromatic nitrogens is 3. The highest BCUT2D eigenvalue weighted by atomic mass is 32.1. The first kappa shape index (κ1) is 21.7. The van der Waals surface area contributed by atoms with Gasteiger partial charge in [0.1, 0.15) is 11.3 Å². The molecule has 0 saturated heterocycles. The maximum Gasteiger partial charge on any atom is 0.263 e. The van der Waals surface area contributed by atoms with Crippen molar-refractivity contribution in [2.24, 2.45) is 0 Å². The molecule has 9 nitrogen and oxygen atoms in total. The van der Waals surface area contributed by atoms with Crippen LogP contribution in [0.3, 0.4) is 0 Å². The molecule has 0 fully saturated rings. The highest BCUT2D eigenvalue weighted by Crippen LogP contribution is 2.29. The summed E-state index contributed by atoms with van der Waals surface area (Å²) in [5, 5.41) is 8.08. The summed E-state index contributed by atoms with van der Waals surface area (Å²) in [7, 11) is 0. The zero-order valence-corrected chi connectivity index (χ0v) is 18.6. The van der Waals surface area contributed by atoms with Crippen molar-refractivity contribution in [1.29, 1.82) is 0 Å². The van der Waals surface area contributed by atoms with E-state index in [0.717, 1.165) is 16.0 Å². The number of fused-ring (bicyclic) bond motifs is 1. The molecule has 0 aliphatic carbocycles. The largest absolute Gasteiger partial charge is 0.494 e. The fourth-order valence-electron chi connectivity index (χ4n) is 2.88. The summed E-state index contributed by atoms with van der Waals surface area (Å²) < 4.78 is 6.42. The van der Waals surface area contributed by atoms with Crippen LogP contribution in [0.5, 0.6) is 5.75 Å². The van der Waals surface area contributed by atoms with Crippen LogP contribution in [-0.4, -0.2) is 33.4 Å². The molecule has 2 amide bonds. The molecule has 164 valence electrons. The Bertz CT molecular complexity index is 1330. The molecule has 0 bridgehead atoms. The molecule has 0 atom stereocenters. The predicted octanol–water partition coefficient (Wildman–Crippen LogP) is 3.66. The number of hydrogen-bond acceptors (Lipinski definition) is 8. The summed E-state index contributed by atoms with van der Waals surface area (Å²) in [4.78, 5) is 47.4. The SMILES string of the molecule is CCOc1ccc2nc(NC(=O)CCc3csc(NC(=O)c4ccc[nH]c4=O)n3)sc2c1. The third kappa shape index (κ3) is 5.18. The summed E-state index contributed by atoms with van der Waals surface area (Å²) in [6.45, 7) is 2.51. The van der Waals surface area contributed by atoms with Crippen molar-refractivity contribution in [3.63, 3.8) is 0 Å². The van der Waals surface area contributed by atoms with E-state index in [1.54, 1.807) is 11.4 Å². The molecule has 0 aliphatic rings. The summed E-state index contributed by atoms with van der Waals surface area (Å²) in [5.41, 5.74) is 1.01. The number of nitrogens with one attached hydrogen (secondary N) is 3. The second-order valence-corrected chi connectivity index (χ2v) is 8.53. The third-order valence-corrected chi connectivity index (χ3v) is 6.10. The molecule has 3 heterocycles. The molecule has 0 radical (unpaired) electrons. The number of carbonyl (C=O) groups excluding carboxylic acids is 2. The van der Waals surface area contributed by atoms with Gasteiger partial charge in [-0.05, 0) is 43.7 Å². The number of amides is 2. The van der Waals surface area contributed by atoms with Crippen molar-refractivity contribution in [3.8, 4) is 5.75 Å². The number of thiazole rings is 2. The second kappa shape index (κ2) is 9.71. The minimum Gasteiger partial charge on any atom is -0.494 e. The van der Waals surface area contributed by atoms with Crippen LogP contribution in [0.2, 0.25) is 0 Å². The van der Waals surface area contributed by atoms with Crippen LogP contribution in [0.15, 0.2) is 46.7 Å². The first-order valence-corrected chi connectivity index (χ1v) is 11.5. The lowest BCUT2D eigenvalue weighted by Crippen LogP contribution is -2.22. The lowest BCUT2D eigenvalue weighted by atomic mass is 10.2. The number of rotatable bonds is 8. The Hall–Kier alpha value is -3.57. The number of hydrogen-bond donors (Lipinski definition) is 3. The minimum absolute atomic E-state index is 0.00726. The van der Waals surface area contributed by atoms with Crippen LogP contribution in [0.1, 0.15) is 29.4 Å². The Morgan fingerprint density at radius 1 is 1.16 bits per heavy atom. The Kier molecular flexibility index (Phi) is 6.57. The van der Waals surface area contributed by atoms with E-state index < -0.39 is 11.5 Å². The van der Waals surface area contributed by atoms with Crippen molar-refractivity contribution in [2.75, 3.05) is 17.2 Å². The van der Waals surface area contributed by atoms with Gasteiger partial charge in [-0.1, -0.05) is 11.3 Å². The fourth-order valence-corrected chi connectivity index (χ4v) is 4.53. The molecule has 0 spiro atoms. The maximum atomic E-state index is 12.3. The molecule has 0 unspecified atom stereocenters. The van der Waals surface area contributed by atoms with E-state index in [1.165, 1.54) is 34.9 Å². The number of aryl methyl sites for hydroxylation is 1. The predicted molar refractivity (Wildman–Crippen MR) is 125 cm³/mol. The summed E-state index contributed by atoms with van der Waals surface area (Å²) in [6, 6.07) is 8.63. The Morgan fingerprint density at radius 2 is 2.03 bits per heavy atom. The maximum absolute atomic E-state index is 12.3. The smallest absolute Gasteiger partial charge is 0.263 e. The van der Waals surface area contributed by atoms with Crippen LogP contribution in [0.25, 0.3) is 10.2 Å². The van der Waals surface area contributed by atoms with Gasteiger partial charge >= 0.3 is 0 Å². The normalized spacial score (nSPS) is 10.8. The number of pyridine rings is 1. The monoisotopic (exact) mass is 469 g/mol. The summed E-state index contributed by atoms with van der Waals surface area (Å²) in [6.07, 6.45) is 2.08. The molecule has 11 heteroatoms. The second-order valence-electron chi connectivity index (χ2n) is 6.64. The Balaban J connectivity index is 1.31. The van der Waals surface area contributed by atoms with Gasteiger partial charge < -0.3 is 15.0 Å². The van der Waals surface area contributed by atoms with Gasteiger partial charge in [-0.15, -0.1) is 11.3 Å². The molecule has 0 aliphatic heterocycles. The summed E-state index contributed by atoms with van der Waals surface area (Å²) >= 11 is 2.62. The number of ether oxygens (including phenoxy) is 1. The van der Waals surface area contributed by atoms with Crippen molar-refractivity contribution in [2.45, 2.75) is 19.8 Å². The first-order valence-electron chi connectivity index (χ1n) is 9.78. The van der Waals surface area contributed by atoms with Crippen molar-refractivity contribution in [3.05, 3.63) is 63.5 Å². The molecular weight excluding hydrogens is 450 g/mol. The van der Waals surface area contributed by atoms with Crippen LogP contribution >= 0.6 is 22.7 Å². The minimum atomic E-state index is -0.533. The van der Waals surface area contributed by atoms with E-state index in [1.807, 2.05) is 25.1 Å². The fraction of sp³-hybridized carbons (Fsp3) is 0.190. The zero-order valence-electron chi connectivity index (χ0n) is 17.0. The molecule has 4 aromatic rings. The number of H-pyrrole nitrogens is 1. The lowest BCUT2D eigenvalue weighted by Gasteiger charge is -2.01. The highest BCUT2D eigenvalue weighted by molar-refractivity contribution is 7.22. The van der Waals surface area contributed by atoms with Crippen molar-refractivity contribution >= 4 is 55.0 Å². The molecule has 3 aromatic heterocycles. The van der Waals surface area contributed by atoms with Gasteiger partial charge in [-0.2, -0.15) is 0 Å². The Labute approximate surface area is 190 Å². The number of aromatic amines is 1. The molecule has 3 N–H and O–H groups in total. The van der Waals surface area contributed by atoms with Crippen LogP contribution in [0.4, 0.5) is 10.3 Å². The summed E-state index contributed by atoms with van der Waals surface area (Å²) in [5.74, 6) is 0.0575. The van der Waals surface area contributed by atoms with Crippen molar-refractivity contribution in [1.82, 2.24) is 15.0 Å². The molecule has 0 saturated carbocycles. The Morgan fingerprint density at radius 3 is 2.84 bits per heavy atom. The molecule has 4 rings (SSSR count). The highest BCUT2D eigenvalue weighted by Gasteiger charge is 2.13. The van der Waals surface area contributed by atoms with Gasteiger partial charge in [-0.3, -0.25) is 19.7 Å². The van der Waals surface area contributed by atoms with Gasteiger partial charge in [0.15, 0.2) is 10.3 Å². The molecular formula is C21H19N5O4S2. The van der Waals surface area contributed by atoms with E-state index in [2.05, 4.69) is 25.6 Å². The number of anilines is 2. The quantitative estimate of drug-likeness (QED) is 0.362. The standard InChI is InChI=1S/C21H19N5O4S2/c1-2-30-13-6-7-15-16(10-13)32-21(24-15)25-17(27)8-5-12-11-31-20(23-12)26-19(29)14-4-3-9-22-18(14)28/h3-4,6-7,9-11H,2,5,8H2,1H3,(H,22,28)(H,23,26,29)(H,24,25,27). The van der Waals surface area contributed by atoms with E-state index in [-0.39, 0.29) is 17.9 Å². The van der Waals surface area contributed by atoms with Crippen LogP contribution in [-0.2, 0) is 11.2 Å². The average molecular weight is 470 g/mol. The molecule has 32 heavy (non-hydrogen) atoms. The van der Waals surface area contributed by atoms with E-state index in [4.69, 9.17) is 4.74 Å². The number of carbonyl (C=O) groups is 2. The van der Waals surface area contributed by atoms with Gasteiger partial charge in [0, 0.05) is 18.0 Å². The van der Waals surface area contributed by atoms with Gasteiger partial charge in [0.05, 0.1) is 22.5 Å². The number of nitrogens with zero attached hydrogens (tertiary/aromatic N) is 2. The third-order valence-electron chi connectivity index (χ3n) is 4.36. The molecule has 1 aromatic carbocycles. The first-order chi connectivity index (χ1) is 15.5. The van der Waals surface area contributed by atoms with Crippen LogP contribution < -0.4 is 20.9 Å². The van der Waals surface area contributed by atoms with E-state index >= 15 is 0 Å². The topological polar surface area (TPSA) is 126 Å². The zero-order chi connectivity index (χ0) is 22.5. The van der Waals surface area contributed by atoms with E-state index in [9.17, 15) is 14.4 Å². The lowest BCUT2D eigenvalue weighted by molar-refractivity contribution is -0.116. The van der Waals surface area contributed by atoms with Gasteiger partial charge in [0.2, 0.25) is 5.91 Å². The van der Waals surface area contributed by atoms with Gasteiger partial charge in [0.25, 0.3) is 11.5 Å². The number of benzene rings is 1. The van der Waals surface area contributed by atoms with E-state index in [0.29, 0.717) is 29.0 Å².